The zero-order valence-corrected chi connectivity index (χ0v) is 21.1. The number of nitrogens with one attached hydrogen (secondary N) is 4. The molecule has 0 bridgehead atoms. The van der Waals surface area contributed by atoms with Crippen LogP contribution in [-0.2, 0) is 4.79 Å². The van der Waals surface area contributed by atoms with Gasteiger partial charge in [0.05, 0.1) is 12.6 Å². The topological polar surface area (TPSA) is 99.3 Å². The van der Waals surface area contributed by atoms with Gasteiger partial charge < -0.3 is 21.3 Å². The van der Waals surface area contributed by atoms with Crippen LogP contribution in [0, 0.1) is 0 Å². The molecule has 3 aromatic carbocycles. The van der Waals surface area contributed by atoms with Crippen molar-refractivity contribution in [2.75, 3.05) is 17.2 Å². The summed E-state index contributed by atoms with van der Waals surface area (Å²) in [7, 11) is 0. The van der Waals surface area contributed by atoms with Gasteiger partial charge in [-0.25, -0.2) is 0 Å². The van der Waals surface area contributed by atoms with Crippen molar-refractivity contribution in [3.8, 4) is 0 Å². The number of hydrogen-bond donors (Lipinski definition) is 4. The molecular formula is C30H34N4O3. The highest BCUT2D eigenvalue weighted by atomic mass is 16.2. The first-order valence-electron chi connectivity index (χ1n) is 12.9. The molecule has 1 aliphatic rings. The summed E-state index contributed by atoms with van der Waals surface area (Å²) in [5.74, 6) is -0.509. The summed E-state index contributed by atoms with van der Waals surface area (Å²) in [6.45, 7) is 1.98. The standard InChI is InChI=1S/C30H34N4O3/c1-21(22-9-4-2-5-10-22)32-30(37)24-11-8-14-27(19-24)33-28(35)20-31-25-17-15-23(16-18-25)29(36)34-26-12-6-3-7-13-26/h2,4-5,8-11,14-19,21,26,31H,3,6-7,12-13,20H2,1H3,(H,32,37)(H,33,35)(H,34,36). The second-order valence-corrected chi connectivity index (χ2v) is 9.47. The van der Waals surface area contributed by atoms with Crippen molar-refractivity contribution >= 4 is 29.1 Å². The first-order valence-corrected chi connectivity index (χ1v) is 12.9. The SMILES string of the molecule is CC(NC(=O)c1cccc(NC(=O)CNc2ccc(C(=O)NC3CCCCC3)cc2)c1)c1ccccc1. The third-order valence-electron chi connectivity index (χ3n) is 6.60. The molecule has 0 aromatic heterocycles. The Balaban J connectivity index is 1.25. The summed E-state index contributed by atoms with van der Waals surface area (Å²) in [5, 5.41) is 12.0. The number of carbonyl (C=O) groups excluding carboxylic acids is 3. The summed E-state index contributed by atoms with van der Waals surface area (Å²) in [6.07, 6.45) is 5.67. The van der Waals surface area contributed by atoms with Crippen LogP contribution >= 0.6 is 0 Å². The molecule has 0 radical (unpaired) electrons. The van der Waals surface area contributed by atoms with Crippen LogP contribution < -0.4 is 21.3 Å². The molecule has 1 fully saturated rings. The highest BCUT2D eigenvalue weighted by Crippen LogP contribution is 2.19. The van der Waals surface area contributed by atoms with Crippen molar-refractivity contribution in [3.63, 3.8) is 0 Å². The lowest BCUT2D eigenvalue weighted by molar-refractivity contribution is -0.114. The molecule has 1 saturated carbocycles. The Morgan fingerprint density at radius 3 is 2.24 bits per heavy atom. The van der Waals surface area contributed by atoms with Crippen LogP contribution in [0.4, 0.5) is 11.4 Å². The van der Waals surface area contributed by atoms with Gasteiger partial charge in [0.25, 0.3) is 11.8 Å². The van der Waals surface area contributed by atoms with Crippen LogP contribution in [-0.4, -0.2) is 30.3 Å². The van der Waals surface area contributed by atoms with E-state index in [1.807, 2.05) is 37.3 Å². The minimum atomic E-state index is -0.241. The predicted molar refractivity (Wildman–Crippen MR) is 147 cm³/mol. The zero-order chi connectivity index (χ0) is 26.0. The quantitative estimate of drug-likeness (QED) is 0.322. The monoisotopic (exact) mass is 498 g/mol. The average molecular weight is 499 g/mol. The van der Waals surface area contributed by atoms with E-state index in [0.717, 1.165) is 24.1 Å². The lowest BCUT2D eigenvalue weighted by atomic mass is 9.95. The maximum Gasteiger partial charge on any atom is 0.251 e. The molecule has 1 unspecified atom stereocenters. The van der Waals surface area contributed by atoms with Gasteiger partial charge in [-0.3, -0.25) is 14.4 Å². The molecule has 1 atom stereocenters. The van der Waals surface area contributed by atoms with E-state index in [0.29, 0.717) is 16.8 Å². The van der Waals surface area contributed by atoms with Crippen LogP contribution in [0.5, 0.6) is 0 Å². The minimum absolute atomic E-state index is 0.0507. The fraction of sp³-hybridized carbons (Fsp3) is 0.300. The van der Waals surface area contributed by atoms with Gasteiger partial charge in [-0.2, -0.15) is 0 Å². The molecule has 37 heavy (non-hydrogen) atoms. The summed E-state index contributed by atoms with van der Waals surface area (Å²) < 4.78 is 0. The number of amides is 3. The number of benzene rings is 3. The van der Waals surface area contributed by atoms with Gasteiger partial charge >= 0.3 is 0 Å². The molecule has 0 aliphatic heterocycles. The maximum absolute atomic E-state index is 12.7. The van der Waals surface area contributed by atoms with Crippen LogP contribution in [0.1, 0.15) is 71.3 Å². The summed E-state index contributed by atoms with van der Waals surface area (Å²) >= 11 is 0. The van der Waals surface area contributed by atoms with Crippen LogP contribution in [0.25, 0.3) is 0 Å². The molecule has 0 heterocycles. The second kappa shape index (κ2) is 12.7. The zero-order valence-electron chi connectivity index (χ0n) is 21.1. The molecule has 4 N–H and O–H groups in total. The highest BCUT2D eigenvalue weighted by molar-refractivity contribution is 5.98. The molecule has 192 valence electrons. The van der Waals surface area contributed by atoms with E-state index < -0.39 is 0 Å². The Labute approximate surface area is 218 Å². The van der Waals surface area contributed by atoms with Crippen molar-refractivity contribution in [2.45, 2.75) is 51.1 Å². The lowest BCUT2D eigenvalue weighted by Crippen LogP contribution is -2.36. The lowest BCUT2D eigenvalue weighted by Gasteiger charge is -2.22. The number of rotatable bonds is 9. The highest BCUT2D eigenvalue weighted by Gasteiger charge is 2.17. The van der Waals surface area contributed by atoms with E-state index in [1.165, 1.54) is 19.3 Å². The van der Waals surface area contributed by atoms with Gasteiger partial charge in [-0.05, 0) is 67.8 Å². The van der Waals surface area contributed by atoms with E-state index >= 15 is 0 Å². The largest absolute Gasteiger partial charge is 0.376 e. The van der Waals surface area contributed by atoms with E-state index in [2.05, 4.69) is 21.3 Å². The third kappa shape index (κ3) is 7.67. The van der Waals surface area contributed by atoms with Crippen LogP contribution in [0.15, 0.2) is 78.9 Å². The van der Waals surface area contributed by atoms with Gasteiger partial charge in [-0.15, -0.1) is 0 Å². The molecular weight excluding hydrogens is 464 g/mol. The van der Waals surface area contributed by atoms with Crippen LogP contribution in [0.3, 0.4) is 0 Å². The molecule has 4 rings (SSSR count). The smallest absolute Gasteiger partial charge is 0.251 e. The van der Waals surface area contributed by atoms with Crippen molar-refractivity contribution < 1.29 is 14.4 Å². The Morgan fingerprint density at radius 2 is 1.51 bits per heavy atom. The Morgan fingerprint density at radius 1 is 0.784 bits per heavy atom. The predicted octanol–water partition coefficient (Wildman–Crippen LogP) is 5.29. The van der Waals surface area contributed by atoms with Gasteiger partial charge in [0.2, 0.25) is 5.91 Å². The number of anilines is 2. The molecule has 7 nitrogen and oxygen atoms in total. The molecule has 0 spiro atoms. The second-order valence-electron chi connectivity index (χ2n) is 9.47. The summed E-state index contributed by atoms with van der Waals surface area (Å²) in [4.78, 5) is 37.7. The minimum Gasteiger partial charge on any atom is -0.376 e. The fourth-order valence-electron chi connectivity index (χ4n) is 4.49. The van der Waals surface area contributed by atoms with E-state index in [1.54, 1.807) is 48.5 Å². The molecule has 3 aromatic rings. The molecule has 7 heteroatoms. The van der Waals surface area contributed by atoms with Gasteiger partial charge in [-0.1, -0.05) is 55.7 Å². The van der Waals surface area contributed by atoms with Gasteiger partial charge in [0.15, 0.2) is 0 Å². The Hall–Kier alpha value is -4.13. The van der Waals surface area contributed by atoms with E-state index in [9.17, 15) is 14.4 Å². The van der Waals surface area contributed by atoms with E-state index in [-0.39, 0.29) is 36.3 Å². The van der Waals surface area contributed by atoms with Crippen molar-refractivity contribution in [2.24, 2.45) is 0 Å². The maximum atomic E-state index is 12.7. The van der Waals surface area contributed by atoms with Crippen molar-refractivity contribution in [1.82, 2.24) is 10.6 Å². The van der Waals surface area contributed by atoms with Crippen molar-refractivity contribution in [1.29, 1.82) is 0 Å². The van der Waals surface area contributed by atoms with E-state index in [4.69, 9.17) is 0 Å². The van der Waals surface area contributed by atoms with Gasteiger partial charge in [0, 0.05) is 28.5 Å². The fourth-order valence-corrected chi connectivity index (χ4v) is 4.49. The van der Waals surface area contributed by atoms with Gasteiger partial charge in [0.1, 0.15) is 0 Å². The average Bonchev–Trinajstić information content (AvgIpc) is 2.93. The first-order chi connectivity index (χ1) is 18.0. The number of carbonyl (C=O) groups is 3. The third-order valence-corrected chi connectivity index (χ3v) is 6.60. The molecule has 0 saturated heterocycles. The normalized spacial score (nSPS) is 14.3. The van der Waals surface area contributed by atoms with Crippen LogP contribution in [0.2, 0.25) is 0 Å². The summed E-state index contributed by atoms with van der Waals surface area (Å²) in [5.41, 5.74) is 3.38. The summed E-state index contributed by atoms with van der Waals surface area (Å²) in [6, 6.07) is 23.8. The Bertz CT molecular complexity index is 1210. The molecule has 3 amide bonds. The molecule has 1 aliphatic carbocycles. The number of hydrogen-bond acceptors (Lipinski definition) is 4. The Kier molecular flexibility index (Phi) is 8.92. The van der Waals surface area contributed by atoms with Crippen molar-refractivity contribution in [3.05, 3.63) is 95.6 Å². The first kappa shape index (κ1) is 25.9.